The topological polar surface area (TPSA) is 84.5 Å². The molecule has 21 heavy (non-hydrogen) atoms. The van der Waals surface area contributed by atoms with E-state index in [-0.39, 0.29) is 22.8 Å². The van der Waals surface area contributed by atoms with E-state index in [0.29, 0.717) is 11.4 Å². The SMILES string of the molecule is COc1ccc(S(=O)(=O)NC2CC2)cc1NC(=O)C1CC1. The van der Waals surface area contributed by atoms with Gasteiger partial charge < -0.3 is 10.1 Å². The van der Waals surface area contributed by atoms with Crippen molar-refractivity contribution in [1.82, 2.24) is 4.72 Å². The first-order chi connectivity index (χ1) is 9.99. The van der Waals surface area contributed by atoms with Crippen molar-refractivity contribution in [3.05, 3.63) is 18.2 Å². The molecule has 0 aromatic heterocycles. The van der Waals surface area contributed by atoms with Crippen LogP contribution in [0, 0.1) is 5.92 Å². The summed E-state index contributed by atoms with van der Waals surface area (Å²) in [5.41, 5.74) is 0.396. The molecule has 0 heterocycles. The zero-order chi connectivity index (χ0) is 15.0. The van der Waals surface area contributed by atoms with Crippen LogP contribution in [0.5, 0.6) is 5.75 Å². The molecule has 2 fully saturated rings. The molecule has 2 saturated carbocycles. The lowest BCUT2D eigenvalue weighted by molar-refractivity contribution is -0.117. The van der Waals surface area contributed by atoms with Crippen LogP contribution in [0.3, 0.4) is 0 Å². The van der Waals surface area contributed by atoms with Gasteiger partial charge in [-0.15, -0.1) is 0 Å². The van der Waals surface area contributed by atoms with Gasteiger partial charge in [0.1, 0.15) is 5.75 Å². The van der Waals surface area contributed by atoms with Crippen LogP contribution in [0.2, 0.25) is 0 Å². The number of carbonyl (C=O) groups is 1. The van der Waals surface area contributed by atoms with Crippen molar-refractivity contribution >= 4 is 21.6 Å². The molecule has 0 atom stereocenters. The highest BCUT2D eigenvalue weighted by Gasteiger charge is 2.31. The molecule has 0 radical (unpaired) electrons. The van der Waals surface area contributed by atoms with E-state index in [2.05, 4.69) is 10.0 Å². The van der Waals surface area contributed by atoms with Crippen LogP contribution >= 0.6 is 0 Å². The highest BCUT2D eigenvalue weighted by Crippen LogP contribution is 2.33. The second-order valence-electron chi connectivity index (χ2n) is 5.52. The van der Waals surface area contributed by atoms with Crippen molar-refractivity contribution < 1.29 is 17.9 Å². The van der Waals surface area contributed by atoms with Gasteiger partial charge in [0, 0.05) is 12.0 Å². The monoisotopic (exact) mass is 310 g/mol. The Balaban J connectivity index is 1.86. The van der Waals surface area contributed by atoms with Gasteiger partial charge in [-0.1, -0.05) is 0 Å². The molecule has 6 nitrogen and oxygen atoms in total. The van der Waals surface area contributed by atoms with Crippen LogP contribution in [0.4, 0.5) is 5.69 Å². The average Bonchev–Trinajstić information content (AvgIpc) is 3.31. The van der Waals surface area contributed by atoms with Crippen LogP contribution in [-0.4, -0.2) is 27.5 Å². The van der Waals surface area contributed by atoms with E-state index in [9.17, 15) is 13.2 Å². The lowest BCUT2D eigenvalue weighted by atomic mass is 10.2. The molecule has 0 saturated heterocycles. The van der Waals surface area contributed by atoms with Crippen molar-refractivity contribution in [2.45, 2.75) is 36.6 Å². The number of carbonyl (C=O) groups excluding carboxylic acids is 1. The van der Waals surface area contributed by atoms with E-state index < -0.39 is 10.0 Å². The second kappa shape index (κ2) is 5.31. The molecule has 0 aliphatic heterocycles. The fourth-order valence-electron chi connectivity index (χ4n) is 2.02. The Hall–Kier alpha value is -1.60. The van der Waals surface area contributed by atoms with E-state index in [1.54, 1.807) is 6.07 Å². The lowest BCUT2D eigenvalue weighted by Gasteiger charge is -2.12. The van der Waals surface area contributed by atoms with Crippen molar-refractivity contribution in [1.29, 1.82) is 0 Å². The fourth-order valence-corrected chi connectivity index (χ4v) is 3.35. The number of sulfonamides is 1. The van der Waals surface area contributed by atoms with E-state index in [1.165, 1.54) is 19.2 Å². The number of hydrogen-bond acceptors (Lipinski definition) is 4. The summed E-state index contributed by atoms with van der Waals surface area (Å²) in [5, 5.41) is 2.75. The van der Waals surface area contributed by atoms with Gasteiger partial charge in [-0.3, -0.25) is 4.79 Å². The molecule has 3 rings (SSSR count). The summed E-state index contributed by atoms with van der Waals surface area (Å²) >= 11 is 0. The normalized spacial score (nSPS) is 18.3. The van der Waals surface area contributed by atoms with Crippen molar-refractivity contribution in [2.75, 3.05) is 12.4 Å². The minimum atomic E-state index is -3.54. The van der Waals surface area contributed by atoms with Gasteiger partial charge >= 0.3 is 0 Å². The first-order valence-electron chi connectivity index (χ1n) is 7.01. The third kappa shape index (κ3) is 3.36. The summed E-state index contributed by atoms with van der Waals surface area (Å²) in [7, 11) is -2.06. The predicted molar refractivity (Wildman–Crippen MR) is 77.7 cm³/mol. The maximum Gasteiger partial charge on any atom is 0.240 e. The molecular weight excluding hydrogens is 292 g/mol. The first kappa shape index (κ1) is 14.3. The third-order valence-electron chi connectivity index (χ3n) is 3.59. The molecule has 2 N–H and O–H groups in total. The summed E-state index contributed by atoms with van der Waals surface area (Å²) in [6.07, 6.45) is 3.52. The Morgan fingerprint density at radius 3 is 2.52 bits per heavy atom. The number of ether oxygens (including phenoxy) is 1. The summed E-state index contributed by atoms with van der Waals surface area (Å²) < 4.78 is 32.2. The number of hydrogen-bond donors (Lipinski definition) is 2. The van der Waals surface area contributed by atoms with Gasteiger partial charge in [0.25, 0.3) is 0 Å². The lowest BCUT2D eigenvalue weighted by Crippen LogP contribution is -2.26. The number of nitrogens with one attached hydrogen (secondary N) is 2. The van der Waals surface area contributed by atoms with Crippen LogP contribution in [0.1, 0.15) is 25.7 Å². The van der Waals surface area contributed by atoms with Crippen molar-refractivity contribution in [2.24, 2.45) is 5.92 Å². The fraction of sp³-hybridized carbons (Fsp3) is 0.500. The molecule has 0 spiro atoms. The summed E-state index contributed by atoms with van der Waals surface area (Å²) in [6, 6.07) is 4.53. The molecule has 1 aromatic rings. The molecule has 0 bridgehead atoms. The number of benzene rings is 1. The van der Waals surface area contributed by atoms with E-state index in [1.807, 2.05) is 0 Å². The molecule has 114 valence electrons. The van der Waals surface area contributed by atoms with Gasteiger partial charge in [-0.2, -0.15) is 0 Å². The molecule has 1 amide bonds. The van der Waals surface area contributed by atoms with Gasteiger partial charge in [0.05, 0.1) is 17.7 Å². The van der Waals surface area contributed by atoms with Crippen LogP contribution in [0.25, 0.3) is 0 Å². The number of rotatable bonds is 6. The second-order valence-corrected chi connectivity index (χ2v) is 7.24. The van der Waals surface area contributed by atoms with E-state index in [4.69, 9.17) is 4.74 Å². The maximum atomic E-state index is 12.2. The average molecular weight is 310 g/mol. The number of methoxy groups -OCH3 is 1. The van der Waals surface area contributed by atoms with Crippen LogP contribution < -0.4 is 14.8 Å². The Bertz CT molecular complexity index is 664. The zero-order valence-electron chi connectivity index (χ0n) is 11.8. The van der Waals surface area contributed by atoms with Gasteiger partial charge in [0.2, 0.25) is 15.9 Å². The standard InChI is InChI=1S/C14H18N2O4S/c1-20-13-7-6-11(21(18,19)16-10-4-5-10)8-12(13)15-14(17)9-2-3-9/h6-10,16H,2-5H2,1H3,(H,15,17). The minimum Gasteiger partial charge on any atom is -0.495 e. The highest BCUT2D eigenvalue weighted by atomic mass is 32.2. The Morgan fingerprint density at radius 2 is 1.95 bits per heavy atom. The van der Waals surface area contributed by atoms with E-state index in [0.717, 1.165) is 25.7 Å². The largest absolute Gasteiger partial charge is 0.495 e. The van der Waals surface area contributed by atoms with Crippen molar-refractivity contribution in [3.63, 3.8) is 0 Å². The molecule has 2 aliphatic carbocycles. The molecule has 0 unspecified atom stereocenters. The number of amides is 1. The molecule has 2 aliphatic rings. The number of anilines is 1. The molecular formula is C14H18N2O4S. The molecule has 1 aromatic carbocycles. The summed E-state index contributed by atoms with van der Waals surface area (Å²) in [6.45, 7) is 0. The summed E-state index contributed by atoms with van der Waals surface area (Å²) in [4.78, 5) is 12.0. The molecule has 7 heteroatoms. The quantitative estimate of drug-likeness (QED) is 0.833. The Labute approximate surface area is 123 Å². The third-order valence-corrected chi connectivity index (χ3v) is 5.10. The predicted octanol–water partition coefficient (Wildman–Crippen LogP) is 1.48. The Morgan fingerprint density at radius 1 is 1.24 bits per heavy atom. The van der Waals surface area contributed by atoms with Gasteiger partial charge in [-0.05, 0) is 43.9 Å². The Kier molecular flexibility index (Phi) is 3.62. The minimum absolute atomic E-state index is 0.0413. The van der Waals surface area contributed by atoms with E-state index >= 15 is 0 Å². The zero-order valence-corrected chi connectivity index (χ0v) is 12.6. The van der Waals surface area contributed by atoms with Crippen LogP contribution in [-0.2, 0) is 14.8 Å². The summed E-state index contributed by atoms with van der Waals surface area (Å²) in [5.74, 6) is 0.409. The highest BCUT2D eigenvalue weighted by molar-refractivity contribution is 7.89. The smallest absolute Gasteiger partial charge is 0.240 e. The van der Waals surface area contributed by atoms with Crippen molar-refractivity contribution in [3.8, 4) is 5.75 Å². The maximum absolute atomic E-state index is 12.2. The van der Waals surface area contributed by atoms with Gasteiger partial charge in [-0.25, -0.2) is 13.1 Å². The van der Waals surface area contributed by atoms with Crippen LogP contribution in [0.15, 0.2) is 23.1 Å². The van der Waals surface area contributed by atoms with Gasteiger partial charge in [0.15, 0.2) is 0 Å². The first-order valence-corrected chi connectivity index (χ1v) is 8.49.